The van der Waals surface area contributed by atoms with Crippen LogP contribution in [0.3, 0.4) is 0 Å². The van der Waals surface area contributed by atoms with E-state index in [1.54, 1.807) is 7.11 Å². The van der Waals surface area contributed by atoms with Crippen LogP contribution in [0.4, 0.5) is 0 Å². The van der Waals surface area contributed by atoms with Crippen molar-refractivity contribution in [1.29, 1.82) is 5.26 Å². The molecule has 1 rings (SSSR count). The summed E-state index contributed by atoms with van der Waals surface area (Å²) in [5.41, 5.74) is 2.64. The smallest absolute Gasteiger partial charge is 0.123 e. The molecule has 0 aromatic heterocycles. The molecule has 1 aromatic rings. The fourth-order valence-corrected chi connectivity index (χ4v) is 2.08. The maximum absolute atomic E-state index is 8.91. The lowest BCUT2D eigenvalue weighted by Crippen LogP contribution is -1.94. The molecule has 0 aliphatic carbocycles. The van der Waals surface area contributed by atoms with Crippen LogP contribution in [0, 0.1) is 11.3 Å². The van der Waals surface area contributed by atoms with E-state index in [2.05, 4.69) is 37.9 Å². The normalized spacial score (nSPS) is 9.57. The molecule has 0 spiro atoms. The third-order valence-electron chi connectivity index (χ3n) is 1.91. The van der Waals surface area contributed by atoms with E-state index in [0.29, 0.717) is 16.2 Å². The number of nitriles is 1. The van der Waals surface area contributed by atoms with Crippen LogP contribution in [-0.2, 0) is 10.7 Å². The Bertz CT molecular complexity index is 371. The van der Waals surface area contributed by atoms with Gasteiger partial charge in [-0.1, -0.05) is 31.9 Å². The van der Waals surface area contributed by atoms with E-state index in [0.717, 1.165) is 16.9 Å². The van der Waals surface area contributed by atoms with Crippen molar-refractivity contribution in [1.82, 2.24) is 0 Å². The van der Waals surface area contributed by atoms with Crippen LogP contribution in [-0.4, -0.2) is 7.11 Å². The second-order valence-electron chi connectivity index (χ2n) is 2.70. The fraction of sp³-hybridized carbons (Fsp3) is 0.300. The minimum Gasteiger partial charge on any atom is -0.496 e. The van der Waals surface area contributed by atoms with E-state index >= 15 is 0 Å². The summed E-state index contributed by atoms with van der Waals surface area (Å²) in [6.45, 7) is 0. The first kappa shape index (κ1) is 11.5. The number of benzene rings is 1. The lowest BCUT2D eigenvalue weighted by Gasteiger charge is -2.09. The van der Waals surface area contributed by atoms with E-state index in [1.807, 2.05) is 12.1 Å². The summed E-state index contributed by atoms with van der Waals surface area (Å²) in [6, 6.07) is 5.91. The van der Waals surface area contributed by atoms with Gasteiger partial charge in [0.2, 0.25) is 0 Å². The maximum Gasteiger partial charge on any atom is 0.123 e. The minimum atomic E-state index is 0.662. The van der Waals surface area contributed by atoms with Gasteiger partial charge in [0.05, 0.1) is 18.7 Å². The number of hydrogen-bond acceptors (Lipinski definition) is 2. The van der Waals surface area contributed by atoms with Crippen LogP contribution in [0.5, 0.6) is 5.75 Å². The van der Waals surface area contributed by atoms with Crippen molar-refractivity contribution >= 4 is 31.9 Å². The Hall–Kier alpha value is -0.530. The van der Waals surface area contributed by atoms with Gasteiger partial charge in [-0.25, -0.2) is 0 Å². The summed E-state index contributed by atoms with van der Waals surface area (Å²) in [5, 5.41) is 10.3. The largest absolute Gasteiger partial charge is 0.496 e. The van der Waals surface area contributed by atoms with Crippen molar-refractivity contribution in [2.24, 2.45) is 0 Å². The van der Waals surface area contributed by atoms with E-state index in [-0.39, 0.29) is 0 Å². The second kappa shape index (κ2) is 5.38. The van der Waals surface area contributed by atoms with Crippen molar-refractivity contribution in [2.75, 3.05) is 7.11 Å². The van der Waals surface area contributed by atoms with E-state index in [9.17, 15) is 0 Å². The minimum absolute atomic E-state index is 0.662. The molecule has 0 bridgehead atoms. The zero-order valence-corrected chi connectivity index (χ0v) is 10.9. The predicted molar refractivity (Wildman–Crippen MR) is 63.0 cm³/mol. The standard InChI is InChI=1S/C10H9Br2NO/c1-14-10-3-7(4-11)9(6-13)2-8(10)5-12/h2-3H,4-5H2,1H3. The van der Waals surface area contributed by atoms with Gasteiger partial charge in [0.25, 0.3) is 0 Å². The van der Waals surface area contributed by atoms with Crippen LogP contribution in [0.1, 0.15) is 16.7 Å². The molecule has 0 fully saturated rings. The Morgan fingerprint density at radius 2 is 1.93 bits per heavy atom. The van der Waals surface area contributed by atoms with Gasteiger partial charge in [0, 0.05) is 16.2 Å². The van der Waals surface area contributed by atoms with Gasteiger partial charge in [-0.15, -0.1) is 0 Å². The molecule has 0 saturated carbocycles. The van der Waals surface area contributed by atoms with Gasteiger partial charge in [-0.05, 0) is 17.7 Å². The van der Waals surface area contributed by atoms with Gasteiger partial charge < -0.3 is 4.74 Å². The summed E-state index contributed by atoms with van der Waals surface area (Å²) >= 11 is 6.70. The highest BCUT2D eigenvalue weighted by Crippen LogP contribution is 2.26. The average Bonchev–Trinajstić information content (AvgIpc) is 2.26. The zero-order valence-electron chi connectivity index (χ0n) is 7.68. The Morgan fingerprint density at radius 1 is 1.29 bits per heavy atom. The number of methoxy groups -OCH3 is 1. The number of nitrogens with zero attached hydrogens (tertiary/aromatic N) is 1. The van der Waals surface area contributed by atoms with Gasteiger partial charge in [-0.3, -0.25) is 0 Å². The van der Waals surface area contributed by atoms with Crippen LogP contribution < -0.4 is 4.74 Å². The highest BCUT2D eigenvalue weighted by atomic mass is 79.9. The summed E-state index contributed by atoms with van der Waals surface area (Å²) in [6.07, 6.45) is 0. The van der Waals surface area contributed by atoms with E-state index < -0.39 is 0 Å². The second-order valence-corrected chi connectivity index (χ2v) is 3.82. The highest BCUT2D eigenvalue weighted by Gasteiger charge is 2.08. The van der Waals surface area contributed by atoms with Crippen LogP contribution in [0.15, 0.2) is 12.1 Å². The molecule has 0 N–H and O–H groups in total. The molecule has 0 saturated heterocycles. The molecule has 14 heavy (non-hydrogen) atoms. The van der Waals surface area contributed by atoms with Crippen molar-refractivity contribution in [3.63, 3.8) is 0 Å². The quantitative estimate of drug-likeness (QED) is 0.801. The molecule has 4 heteroatoms. The molecular formula is C10H9Br2NO. The summed E-state index contributed by atoms with van der Waals surface area (Å²) in [4.78, 5) is 0. The number of ether oxygens (including phenoxy) is 1. The van der Waals surface area contributed by atoms with Gasteiger partial charge in [-0.2, -0.15) is 5.26 Å². The van der Waals surface area contributed by atoms with E-state index in [4.69, 9.17) is 10.00 Å². The zero-order chi connectivity index (χ0) is 10.6. The lowest BCUT2D eigenvalue weighted by atomic mass is 10.1. The van der Waals surface area contributed by atoms with Crippen molar-refractivity contribution in [2.45, 2.75) is 10.7 Å². The number of hydrogen-bond donors (Lipinski definition) is 0. The Morgan fingerprint density at radius 3 is 2.36 bits per heavy atom. The monoisotopic (exact) mass is 317 g/mol. The van der Waals surface area contributed by atoms with Crippen LogP contribution >= 0.6 is 31.9 Å². The van der Waals surface area contributed by atoms with E-state index in [1.165, 1.54) is 0 Å². The number of alkyl halides is 2. The van der Waals surface area contributed by atoms with Crippen LogP contribution in [0.25, 0.3) is 0 Å². The van der Waals surface area contributed by atoms with Gasteiger partial charge in [0.1, 0.15) is 5.75 Å². The van der Waals surface area contributed by atoms with Crippen molar-refractivity contribution in [3.05, 3.63) is 28.8 Å². The van der Waals surface area contributed by atoms with Crippen LogP contribution in [0.2, 0.25) is 0 Å². The molecule has 0 radical (unpaired) electrons. The molecule has 1 aromatic carbocycles. The summed E-state index contributed by atoms with van der Waals surface area (Å²) in [7, 11) is 1.63. The SMILES string of the molecule is COc1cc(CBr)c(C#N)cc1CBr. The molecule has 0 amide bonds. The Kier molecular flexibility index (Phi) is 4.43. The first-order valence-corrected chi connectivity index (χ1v) is 6.23. The highest BCUT2D eigenvalue weighted by molar-refractivity contribution is 9.08. The topological polar surface area (TPSA) is 33.0 Å². The maximum atomic E-state index is 8.91. The third-order valence-corrected chi connectivity index (χ3v) is 3.12. The van der Waals surface area contributed by atoms with Crippen molar-refractivity contribution in [3.8, 4) is 11.8 Å². The van der Waals surface area contributed by atoms with Gasteiger partial charge >= 0.3 is 0 Å². The Labute approximate surface area is 100 Å². The molecule has 2 nitrogen and oxygen atoms in total. The molecule has 0 heterocycles. The molecule has 0 aliphatic heterocycles. The first-order valence-electron chi connectivity index (χ1n) is 3.98. The molecule has 0 aliphatic rings. The summed E-state index contributed by atoms with van der Waals surface area (Å²) in [5.74, 6) is 0.815. The predicted octanol–water partition coefficient (Wildman–Crippen LogP) is 3.36. The number of rotatable bonds is 3. The van der Waals surface area contributed by atoms with Crippen molar-refractivity contribution < 1.29 is 4.74 Å². The first-order chi connectivity index (χ1) is 6.76. The van der Waals surface area contributed by atoms with Gasteiger partial charge in [0.15, 0.2) is 0 Å². The fourth-order valence-electron chi connectivity index (χ4n) is 1.18. The molecular weight excluding hydrogens is 310 g/mol. The lowest BCUT2D eigenvalue weighted by molar-refractivity contribution is 0.411. The Balaban J connectivity index is 3.30. The molecule has 74 valence electrons. The third kappa shape index (κ3) is 2.28. The number of halogens is 2. The molecule has 0 atom stereocenters. The average molecular weight is 319 g/mol. The summed E-state index contributed by atoms with van der Waals surface area (Å²) < 4.78 is 5.22. The molecule has 0 unspecified atom stereocenters.